The van der Waals surface area contributed by atoms with Gasteiger partial charge in [-0.3, -0.25) is 4.79 Å². The van der Waals surface area contributed by atoms with Crippen molar-refractivity contribution in [1.29, 1.82) is 0 Å². The van der Waals surface area contributed by atoms with Gasteiger partial charge in [-0.1, -0.05) is 12.8 Å². The van der Waals surface area contributed by atoms with E-state index in [9.17, 15) is 9.90 Å². The molecule has 4 nitrogen and oxygen atoms in total. The Morgan fingerprint density at radius 2 is 1.42 bits per heavy atom. The molecule has 3 unspecified atom stereocenters. The minimum Gasteiger partial charge on any atom is -0.506 e. The van der Waals surface area contributed by atoms with Gasteiger partial charge in [0.05, 0.1) is 31.9 Å². The van der Waals surface area contributed by atoms with Crippen molar-refractivity contribution in [2.75, 3.05) is 4.31 Å². The highest BCUT2D eigenvalue weighted by Crippen LogP contribution is 2.60. The fourth-order valence-corrected chi connectivity index (χ4v) is 10.5. The van der Waals surface area contributed by atoms with Crippen LogP contribution in [0, 0.1) is 0 Å². The van der Waals surface area contributed by atoms with E-state index >= 15 is 0 Å². The molecule has 2 aromatic carbocycles. The number of fused-ring (bicyclic) bond motifs is 2. The Morgan fingerprint density at radius 3 is 1.97 bits per heavy atom. The lowest BCUT2D eigenvalue weighted by molar-refractivity contribution is -0.110. The summed E-state index contributed by atoms with van der Waals surface area (Å²) in [6.45, 7) is 0. The first-order valence-electron chi connectivity index (χ1n) is 10.4. The van der Waals surface area contributed by atoms with Crippen molar-refractivity contribution >= 4 is 195 Å². The maximum Gasteiger partial charge on any atom is 0.233 e. The molecule has 200 valence electrons. The molecule has 1 aliphatic carbocycles. The average Bonchev–Trinajstić information content (AvgIpc) is 3.14. The zero-order chi connectivity index (χ0) is 28.5. The van der Waals surface area contributed by atoms with Crippen molar-refractivity contribution in [1.82, 2.24) is 3.98 Å². The molecule has 0 bridgehead atoms. The number of rotatable bonds is 1. The van der Waals surface area contributed by atoms with Gasteiger partial charge < -0.3 is 9.41 Å². The Kier molecular flexibility index (Phi) is 8.32. The first-order valence-corrected chi connectivity index (χ1v) is 16.3. The molecule has 5 rings (SSSR count). The van der Waals surface area contributed by atoms with Crippen molar-refractivity contribution in [3.05, 3.63) is 33.0 Å². The molecule has 0 spiro atoms. The predicted molar refractivity (Wildman–Crippen MR) is 200 cm³/mol. The molecular weight excluding hydrogens is 728 g/mol. The summed E-state index contributed by atoms with van der Waals surface area (Å²) in [7, 11) is 1.87. The molecule has 0 saturated carbocycles. The quantitative estimate of drug-likeness (QED) is 0.0961. The highest BCUT2D eigenvalue weighted by atomic mass is 32.2. The first-order chi connectivity index (χ1) is 17.4. The number of carbonyl (C=O) groups excluding carboxylic acids is 1. The van der Waals surface area contributed by atoms with Gasteiger partial charge in [0, 0.05) is 40.8 Å². The Hall–Kier alpha value is 1.73. The summed E-state index contributed by atoms with van der Waals surface area (Å²) in [5.74, 6) is -0.710. The maximum atomic E-state index is 13.8. The molecular formula is C20H18BN2O2S13+. The number of anilines is 1. The van der Waals surface area contributed by atoms with Gasteiger partial charge >= 0.3 is 0 Å². The zero-order valence-electron chi connectivity index (χ0n) is 18.7. The van der Waals surface area contributed by atoms with Crippen molar-refractivity contribution in [3.63, 3.8) is 0 Å². The Labute approximate surface area is 291 Å². The van der Waals surface area contributed by atoms with Crippen LogP contribution >= 0.6 is 165 Å². The number of hydrogen-bond donors (Lipinski definition) is 14. The molecule has 3 aliphatic rings. The van der Waals surface area contributed by atoms with Crippen molar-refractivity contribution in [3.8, 4) is 0 Å². The second kappa shape index (κ2) is 10.1. The van der Waals surface area contributed by atoms with Gasteiger partial charge in [-0.15, -0.1) is 92.4 Å². The largest absolute Gasteiger partial charge is 0.506 e. The molecule has 3 atom stereocenters. The van der Waals surface area contributed by atoms with E-state index in [1.807, 2.05) is 7.85 Å². The van der Waals surface area contributed by atoms with Crippen LogP contribution in [0.1, 0.15) is 16.7 Å². The van der Waals surface area contributed by atoms with Gasteiger partial charge in [-0.2, -0.15) is 50.5 Å². The van der Waals surface area contributed by atoms with Gasteiger partial charge in [0.2, 0.25) is 16.5 Å². The lowest BCUT2D eigenvalue weighted by Gasteiger charge is -2.28. The van der Waals surface area contributed by atoms with E-state index < -0.39 is 25.3 Å². The van der Waals surface area contributed by atoms with E-state index in [4.69, 9.17) is 63.1 Å². The van der Waals surface area contributed by atoms with Crippen LogP contribution in [-0.4, -0.2) is 29.5 Å². The second-order valence-electron chi connectivity index (χ2n) is 9.03. The number of carbonyl (C=O) groups is 1. The molecule has 2 aliphatic heterocycles. The highest BCUT2D eigenvalue weighted by molar-refractivity contribution is 8.01. The highest BCUT2D eigenvalue weighted by Gasteiger charge is 2.51. The number of nitrogens with zero attached hydrogens (tertiary/aromatic N) is 2. The van der Waals surface area contributed by atoms with Gasteiger partial charge in [0.15, 0.2) is 0 Å². The maximum absolute atomic E-state index is 13.8. The molecule has 2 aromatic rings. The average molecular weight is 746 g/mol. The Balaban J connectivity index is 1.86. The lowest BCUT2D eigenvalue weighted by Crippen LogP contribution is -2.35. The second-order valence-corrected chi connectivity index (χ2v) is 16.2. The van der Waals surface area contributed by atoms with Crippen molar-refractivity contribution < 1.29 is 9.90 Å². The Bertz CT molecular complexity index is 1690. The minimum atomic E-state index is -1.10. The first kappa shape index (κ1) is 31.2. The SMILES string of the molecule is BC1(S)c2c(S)/c(=C3\C(=O)C(c4c(S)c(S)c5c(c4S)C(S)(S)C(S)N5S)=C3O)c(S)c(S)c2=[N+](S)C1S. The number of aliphatic hydroxyl groups is 1. The fraction of sp³-hybridized carbons (Fsp3) is 0.200. The zero-order valence-corrected chi connectivity index (χ0v) is 30.3. The molecule has 1 N–H and O–H groups in total. The van der Waals surface area contributed by atoms with Gasteiger partial charge in [-0.05, 0) is 0 Å². The summed E-state index contributed by atoms with van der Waals surface area (Å²) in [5.41, 5.74) is 2.14. The molecule has 38 heavy (non-hydrogen) atoms. The third kappa shape index (κ3) is 3.94. The van der Waals surface area contributed by atoms with E-state index in [1.165, 1.54) is 0 Å². The number of thiol groups is 13. The summed E-state index contributed by atoms with van der Waals surface area (Å²) in [6.07, 6.45) is 0. The summed E-state index contributed by atoms with van der Waals surface area (Å²) < 4.78 is 1.29. The molecule has 18 heteroatoms. The van der Waals surface area contributed by atoms with E-state index in [1.54, 1.807) is 8.29 Å². The van der Waals surface area contributed by atoms with Crippen LogP contribution in [0.5, 0.6) is 0 Å². The molecule has 0 aromatic heterocycles. The number of benzene rings is 2. The number of hydrogen-bond acceptors (Lipinski definition) is 16. The molecule has 0 saturated heterocycles. The van der Waals surface area contributed by atoms with Crippen LogP contribution < -0.4 is 18.9 Å². The van der Waals surface area contributed by atoms with Gasteiger partial charge in [-0.25, -0.2) is 0 Å². The summed E-state index contributed by atoms with van der Waals surface area (Å²) >= 11 is 60.6. The van der Waals surface area contributed by atoms with E-state index in [2.05, 4.69) is 101 Å². The van der Waals surface area contributed by atoms with E-state index in [0.29, 0.717) is 62.3 Å². The molecule has 2 heterocycles. The molecule has 0 fully saturated rings. The number of aliphatic hydroxyl groups excluding tert-OH is 1. The number of allylic oxidation sites excluding steroid dienone is 2. The van der Waals surface area contributed by atoms with Crippen LogP contribution in [-0.2, 0) is 13.5 Å². The molecule has 0 radical (unpaired) electrons. The summed E-state index contributed by atoms with van der Waals surface area (Å²) in [4.78, 5) is 16.1. The van der Waals surface area contributed by atoms with Crippen LogP contribution in [0.3, 0.4) is 0 Å². The van der Waals surface area contributed by atoms with Gasteiger partial charge in [0.1, 0.15) is 35.9 Å². The predicted octanol–water partition coefficient (Wildman–Crippen LogP) is 3.38. The summed E-state index contributed by atoms with van der Waals surface area (Å²) in [6, 6.07) is 0. The smallest absolute Gasteiger partial charge is 0.233 e. The van der Waals surface area contributed by atoms with Crippen molar-refractivity contribution in [2.24, 2.45) is 0 Å². The van der Waals surface area contributed by atoms with Crippen molar-refractivity contribution in [2.45, 2.75) is 48.8 Å². The van der Waals surface area contributed by atoms with E-state index in [0.717, 1.165) is 0 Å². The normalized spacial score (nSPS) is 27.2. The minimum absolute atomic E-state index is 0.0251. The standard InChI is InChI=1S/C20H17BN2O2S13/c21-19(34)5-7(22(37)17(19)32)15(30)13(28)3(11(5)26)1-9(24)2(10(1)25)4-12(27)6-8(16(31)14(4)29)23(38)18(33)20(6,35)36/h17-18,37-38H,21H2,(H11,24,25,26,27,28,29,30,31,32,33,34,35,36)/p+1. The van der Waals surface area contributed by atoms with E-state index in [-0.39, 0.29) is 16.9 Å². The van der Waals surface area contributed by atoms with Crippen LogP contribution in [0.25, 0.3) is 11.1 Å². The third-order valence-electron chi connectivity index (χ3n) is 6.88. The topological polar surface area (TPSA) is 43.6 Å². The number of Topliss-reactive ketones (excluding diaryl/α,β-unsaturated/α-hetero) is 1. The monoisotopic (exact) mass is 745 g/mol. The number of ketones is 1. The fourth-order valence-electron chi connectivity index (χ4n) is 4.92. The Morgan fingerprint density at radius 1 is 0.842 bits per heavy atom. The summed E-state index contributed by atoms with van der Waals surface area (Å²) in [5, 5.41) is 11.4. The van der Waals surface area contributed by atoms with Crippen LogP contribution in [0.2, 0.25) is 0 Å². The lowest BCUT2D eigenvalue weighted by atomic mass is 9.78. The molecule has 0 amide bonds. The third-order valence-corrected chi connectivity index (χ3v) is 14.5. The van der Waals surface area contributed by atoms with Gasteiger partial charge in [0.25, 0.3) is 0 Å². The van der Waals surface area contributed by atoms with Crippen LogP contribution in [0.15, 0.2) is 35.1 Å². The van der Waals surface area contributed by atoms with Crippen LogP contribution in [0.4, 0.5) is 5.69 Å².